The van der Waals surface area contributed by atoms with Crippen molar-refractivity contribution < 1.29 is 31.8 Å². The zero-order valence-corrected chi connectivity index (χ0v) is 22.2. The summed E-state index contributed by atoms with van der Waals surface area (Å²) in [4.78, 5) is 14.3. The van der Waals surface area contributed by atoms with Gasteiger partial charge in [0.15, 0.2) is 0 Å². The molecule has 3 aromatic rings. The molecule has 0 unspecified atom stereocenters. The van der Waals surface area contributed by atoms with E-state index in [-0.39, 0.29) is 35.9 Å². The Bertz CT molecular complexity index is 1430. The second-order valence-corrected chi connectivity index (χ2v) is 11.5. The predicted octanol–water partition coefficient (Wildman–Crippen LogP) is 4.17. The molecule has 38 heavy (non-hydrogen) atoms. The average Bonchev–Trinajstić information content (AvgIpc) is 2.89. The van der Waals surface area contributed by atoms with Gasteiger partial charge in [-0.25, -0.2) is 17.2 Å². The van der Waals surface area contributed by atoms with E-state index in [1.54, 1.807) is 45.2 Å². The molecule has 0 spiro atoms. The van der Waals surface area contributed by atoms with Gasteiger partial charge in [0.25, 0.3) is 5.91 Å². The number of aliphatic hydroxyl groups is 1. The molecule has 1 amide bonds. The lowest BCUT2D eigenvalue weighted by atomic mass is 10.0. The van der Waals surface area contributed by atoms with Crippen LogP contribution in [-0.4, -0.2) is 67.5 Å². The molecule has 0 fully saturated rings. The number of amides is 1. The average molecular weight is 545 g/mol. The van der Waals surface area contributed by atoms with Crippen molar-refractivity contribution in [2.45, 2.75) is 30.9 Å². The van der Waals surface area contributed by atoms with Crippen molar-refractivity contribution in [2.24, 2.45) is 5.92 Å². The van der Waals surface area contributed by atoms with E-state index in [0.717, 1.165) is 6.07 Å². The third-order valence-corrected chi connectivity index (χ3v) is 8.72. The van der Waals surface area contributed by atoms with Gasteiger partial charge in [0.2, 0.25) is 10.0 Å². The first kappa shape index (κ1) is 27.7. The van der Waals surface area contributed by atoms with E-state index >= 15 is 0 Å². The predicted molar refractivity (Wildman–Crippen MR) is 139 cm³/mol. The van der Waals surface area contributed by atoms with Crippen molar-refractivity contribution in [1.29, 1.82) is 0 Å². The van der Waals surface area contributed by atoms with Crippen molar-refractivity contribution in [1.82, 2.24) is 9.21 Å². The lowest BCUT2D eigenvalue weighted by molar-refractivity contribution is 0.0563. The first-order valence-electron chi connectivity index (χ1n) is 12.2. The smallest absolute Gasteiger partial charge is 0.253 e. The maximum atomic E-state index is 13.9. The molecular formula is C28H30F2N2O5S. The van der Waals surface area contributed by atoms with Gasteiger partial charge in [-0.05, 0) is 60.5 Å². The number of aliphatic hydroxyl groups excluding tert-OH is 1. The van der Waals surface area contributed by atoms with Gasteiger partial charge in [-0.2, -0.15) is 4.31 Å². The zero-order valence-electron chi connectivity index (χ0n) is 21.3. The first-order chi connectivity index (χ1) is 18.0. The summed E-state index contributed by atoms with van der Waals surface area (Å²) in [6, 6.07) is 15.1. The van der Waals surface area contributed by atoms with Crippen LogP contribution in [0.3, 0.4) is 0 Å². The van der Waals surface area contributed by atoms with Crippen LogP contribution in [0.5, 0.6) is 5.75 Å². The highest BCUT2D eigenvalue weighted by Crippen LogP contribution is 2.36. The van der Waals surface area contributed by atoms with Gasteiger partial charge in [0.1, 0.15) is 28.4 Å². The number of sulfonamides is 1. The highest BCUT2D eigenvalue weighted by Gasteiger charge is 2.38. The van der Waals surface area contributed by atoms with Crippen molar-refractivity contribution in [3.63, 3.8) is 0 Å². The number of ether oxygens (including phenoxy) is 1. The summed E-state index contributed by atoms with van der Waals surface area (Å²) >= 11 is 0. The molecule has 1 aliphatic rings. The zero-order chi connectivity index (χ0) is 27.6. The Morgan fingerprint density at radius 2 is 1.74 bits per heavy atom. The Balaban J connectivity index is 1.75. The molecule has 7 nitrogen and oxygen atoms in total. The van der Waals surface area contributed by atoms with Crippen LogP contribution in [0.25, 0.3) is 11.1 Å². The van der Waals surface area contributed by atoms with Gasteiger partial charge >= 0.3 is 0 Å². The summed E-state index contributed by atoms with van der Waals surface area (Å²) in [6.45, 7) is 3.16. The highest BCUT2D eigenvalue weighted by atomic mass is 32.2. The molecule has 0 aliphatic carbocycles. The summed E-state index contributed by atoms with van der Waals surface area (Å²) in [7, 11) is -2.49. The SMILES string of the molecule is C[C@H]1CN([C@@H](C)CO)S(=O)(=O)c2ccc(-c3cccc(F)c3)cc2O[C@H]1CN(C)C(=O)c1cccc(F)c1. The van der Waals surface area contributed by atoms with Gasteiger partial charge < -0.3 is 14.7 Å². The number of carbonyl (C=O) groups is 1. The Morgan fingerprint density at radius 1 is 1.08 bits per heavy atom. The molecule has 1 heterocycles. The minimum absolute atomic E-state index is 0.0435. The van der Waals surface area contributed by atoms with E-state index in [1.165, 1.54) is 45.6 Å². The fourth-order valence-corrected chi connectivity index (χ4v) is 6.31. The Kier molecular flexibility index (Phi) is 8.15. The van der Waals surface area contributed by atoms with Gasteiger partial charge in [-0.1, -0.05) is 31.2 Å². The molecule has 0 saturated carbocycles. The Labute approximate surface area is 221 Å². The largest absolute Gasteiger partial charge is 0.487 e. The number of nitrogens with zero attached hydrogens (tertiary/aromatic N) is 2. The second kappa shape index (κ2) is 11.2. The Morgan fingerprint density at radius 3 is 2.39 bits per heavy atom. The Hall–Kier alpha value is -3.34. The molecule has 3 atom stereocenters. The van der Waals surface area contributed by atoms with E-state index in [0.29, 0.717) is 11.1 Å². The molecule has 3 aromatic carbocycles. The van der Waals surface area contributed by atoms with Crippen LogP contribution < -0.4 is 4.74 Å². The van der Waals surface area contributed by atoms with Crippen LogP contribution >= 0.6 is 0 Å². The molecule has 0 saturated heterocycles. The molecular weight excluding hydrogens is 514 g/mol. The summed E-state index contributed by atoms with van der Waals surface area (Å²) in [6.07, 6.45) is -0.650. The van der Waals surface area contributed by atoms with Crippen LogP contribution in [0.15, 0.2) is 71.6 Å². The number of fused-ring (bicyclic) bond motifs is 1. The van der Waals surface area contributed by atoms with Crippen LogP contribution in [-0.2, 0) is 10.0 Å². The summed E-state index contributed by atoms with van der Waals surface area (Å²) in [5.41, 5.74) is 1.27. The molecule has 10 heteroatoms. The maximum Gasteiger partial charge on any atom is 0.253 e. The van der Waals surface area contributed by atoms with E-state index in [9.17, 15) is 27.1 Å². The summed E-state index contributed by atoms with van der Waals surface area (Å²) < 4.78 is 62.4. The number of hydrogen-bond acceptors (Lipinski definition) is 5. The normalized spacial score (nSPS) is 19.9. The topological polar surface area (TPSA) is 87.2 Å². The number of carbonyl (C=O) groups excluding carboxylic acids is 1. The lowest BCUT2D eigenvalue weighted by Crippen LogP contribution is -2.50. The van der Waals surface area contributed by atoms with E-state index in [2.05, 4.69) is 0 Å². The van der Waals surface area contributed by atoms with Gasteiger partial charge in [-0.15, -0.1) is 0 Å². The van der Waals surface area contributed by atoms with Crippen molar-refractivity contribution >= 4 is 15.9 Å². The fraction of sp³-hybridized carbons (Fsp3) is 0.321. The fourth-order valence-electron chi connectivity index (χ4n) is 4.49. The minimum Gasteiger partial charge on any atom is -0.487 e. The third-order valence-electron chi connectivity index (χ3n) is 6.70. The lowest BCUT2D eigenvalue weighted by Gasteiger charge is -2.37. The quantitative estimate of drug-likeness (QED) is 0.503. The van der Waals surface area contributed by atoms with Crippen LogP contribution in [0.1, 0.15) is 24.2 Å². The van der Waals surface area contributed by atoms with Gasteiger partial charge in [0, 0.05) is 31.1 Å². The van der Waals surface area contributed by atoms with E-state index in [4.69, 9.17) is 4.74 Å². The van der Waals surface area contributed by atoms with Gasteiger partial charge in [-0.3, -0.25) is 4.79 Å². The summed E-state index contributed by atoms with van der Waals surface area (Å²) in [5, 5.41) is 9.81. The standard InChI is InChI=1S/C28H30F2N2O5S/c1-18-15-32(19(2)17-33)38(35,36)27-11-10-21(20-6-4-8-23(29)12-20)14-25(27)37-26(18)16-31(3)28(34)22-7-5-9-24(30)13-22/h4-14,18-19,26,33H,15-17H2,1-3H3/t18-,19-,26-/m0/s1. The molecule has 1 aliphatic heterocycles. The van der Waals surface area contributed by atoms with Crippen LogP contribution in [0.2, 0.25) is 0 Å². The van der Waals surface area contributed by atoms with Crippen molar-refractivity contribution in [2.75, 3.05) is 26.7 Å². The second-order valence-electron chi connectivity index (χ2n) is 9.61. The molecule has 0 aromatic heterocycles. The monoisotopic (exact) mass is 544 g/mol. The molecule has 0 radical (unpaired) electrons. The molecule has 1 N–H and O–H groups in total. The number of rotatable bonds is 6. The third kappa shape index (κ3) is 5.72. The first-order valence-corrected chi connectivity index (χ1v) is 13.7. The number of halogens is 2. The highest BCUT2D eigenvalue weighted by molar-refractivity contribution is 7.89. The van der Waals surface area contributed by atoms with Gasteiger partial charge in [0.05, 0.1) is 13.2 Å². The number of hydrogen-bond donors (Lipinski definition) is 1. The number of likely N-dealkylation sites (N-methyl/N-ethyl adjacent to an activating group) is 1. The molecule has 0 bridgehead atoms. The van der Waals surface area contributed by atoms with Crippen LogP contribution in [0, 0.1) is 17.6 Å². The minimum atomic E-state index is -4.06. The number of benzene rings is 3. The van der Waals surface area contributed by atoms with Crippen LogP contribution in [0.4, 0.5) is 8.78 Å². The van der Waals surface area contributed by atoms with Crippen molar-refractivity contribution in [3.05, 3.63) is 83.9 Å². The molecule has 202 valence electrons. The van der Waals surface area contributed by atoms with E-state index < -0.39 is 45.6 Å². The van der Waals surface area contributed by atoms with Crippen molar-refractivity contribution in [3.8, 4) is 16.9 Å². The maximum absolute atomic E-state index is 13.9. The summed E-state index contributed by atoms with van der Waals surface area (Å²) in [5.74, 6) is -1.71. The van der Waals surface area contributed by atoms with E-state index in [1.807, 2.05) is 0 Å². The molecule has 4 rings (SSSR count).